The Bertz CT molecular complexity index is 744. The van der Waals surface area contributed by atoms with Crippen molar-refractivity contribution < 1.29 is 18.3 Å². The van der Waals surface area contributed by atoms with Crippen molar-refractivity contribution in [1.29, 1.82) is 0 Å². The summed E-state index contributed by atoms with van der Waals surface area (Å²) in [6, 6.07) is 6.10. The van der Waals surface area contributed by atoms with Crippen LogP contribution in [0.25, 0.3) is 0 Å². The van der Waals surface area contributed by atoms with Crippen LogP contribution in [0.4, 0.5) is 0 Å². The molecule has 1 aromatic heterocycles. The summed E-state index contributed by atoms with van der Waals surface area (Å²) in [5, 5.41) is 8.99. The minimum atomic E-state index is -3.66. The molecule has 0 saturated heterocycles. The van der Waals surface area contributed by atoms with E-state index in [0.29, 0.717) is 0 Å². The van der Waals surface area contributed by atoms with Crippen LogP contribution in [-0.2, 0) is 15.6 Å². The van der Waals surface area contributed by atoms with Crippen LogP contribution >= 0.6 is 15.9 Å². The van der Waals surface area contributed by atoms with E-state index in [1.807, 2.05) is 0 Å². The first kappa shape index (κ1) is 14.6. The maximum Gasteiger partial charge on any atom is 0.339 e. The van der Waals surface area contributed by atoms with E-state index in [1.54, 1.807) is 12.1 Å². The van der Waals surface area contributed by atoms with E-state index in [9.17, 15) is 13.2 Å². The number of aromatic carboxylic acids is 1. The molecule has 0 saturated carbocycles. The lowest BCUT2D eigenvalue weighted by atomic mass is 10.2. The number of rotatable bonds is 4. The van der Waals surface area contributed by atoms with E-state index in [2.05, 4.69) is 25.9 Å². The third-order valence-electron chi connectivity index (χ3n) is 2.52. The summed E-state index contributed by atoms with van der Waals surface area (Å²) < 4.78 is 25.2. The molecule has 0 spiro atoms. The van der Waals surface area contributed by atoms with Crippen LogP contribution in [0.2, 0.25) is 0 Å². The third kappa shape index (κ3) is 3.20. The smallest absolute Gasteiger partial charge is 0.339 e. The second-order valence-corrected chi connectivity index (χ2v) is 6.81. The predicted octanol–water partition coefficient (Wildman–Crippen LogP) is 1.91. The molecule has 0 atom stereocenters. The van der Waals surface area contributed by atoms with Gasteiger partial charge in [-0.1, -0.05) is 15.9 Å². The molecule has 0 bridgehead atoms. The second kappa shape index (κ2) is 5.68. The average Bonchev–Trinajstić information content (AvgIpc) is 2.39. The zero-order valence-electron chi connectivity index (χ0n) is 10.0. The van der Waals surface area contributed by atoms with E-state index < -0.39 is 21.6 Å². The summed E-state index contributed by atoms with van der Waals surface area (Å²) in [4.78, 5) is 18.5. The van der Waals surface area contributed by atoms with Crippen molar-refractivity contribution in [2.75, 3.05) is 0 Å². The van der Waals surface area contributed by atoms with Gasteiger partial charge in [-0.15, -0.1) is 0 Å². The number of benzene rings is 1. The Kier molecular flexibility index (Phi) is 4.15. The summed E-state index contributed by atoms with van der Waals surface area (Å²) in [7, 11) is -3.66. The Morgan fingerprint density at radius 1 is 1.25 bits per heavy atom. The Morgan fingerprint density at radius 3 is 2.50 bits per heavy atom. The van der Waals surface area contributed by atoms with Gasteiger partial charge in [0.05, 0.1) is 16.3 Å². The van der Waals surface area contributed by atoms with E-state index >= 15 is 0 Å². The average molecular weight is 357 g/mol. The first-order valence-electron chi connectivity index (χ1n) is 5.40. The molecule has 2 aromatic rings. The number of hydrogen-bond acceptors (Lipinski definition) is 5. The van der Waals surface area contributed by atoms with Crippen LogP contribution in [0.15, 0.2) is 46.2 Å². The van der Waals surface area contributed by atoms with Crippen molar-refractivity contribution in [2.45, 2.75) is 10.6 Å². The van der Waals surface area contributed by atoms with Crippen molar-refractivity contribution in [1.82, 2.24) is 9.97 Å². The highest BCUT2D eigenvalue weighted by atomic mass is 79.9. The van der Waals surface area contributed by atoms with Crippen LogP contribution in [0.5, 0.6) is 0 Å². The number of aromatic nitrogens is 2. The molecule has 0 radical (unpaired) electrons. The molecule has 6 nitrogen and oxygen atoms in total. The number of halogens is 1. The van der Waals surface area contributed by atoms with E-state index in [-0.39, 0.29) is 16.2 Å². The molecule has 0 aliphatic carbocycles. The van der Waals surface area contributed by atoms with Gasteiger partial charge in [0.1, 0.15) is 11.9 Å². The molecular formula is C12H9BrN2O4S. The van der Waals surface area contributed by atoms with Gasteiger partial charge in [-0.05, 0) is 24.3 Å². The number of nitrogens with zero attached hydrogens (tertiary/aromatic N) is 2. The molecule has 20 heavy (non-hydrogen) atoms. The van der Waals surface area contributed by atoms with Crippen LogP contribution < -0.4 is 0 Å². The van der Waals surface area contributed by atoms with Crippen molar-refractivity contribution in [3.05, 3.63) is 52.5 Å². The highest BCUT2D eigenvalue weighted by Crippen LogP contribution is 2.19. The lowest BCUT2D eigenvalue weighted by molar-refractivity contribution is 0.0695. The fraction of sp³-hybridized carbons (Fsp3) is 0.0833. The van der Waals surface area contributed by atoms with Crippen molar-refractivity contribution in [3.63, 3.8) is 0 Å². The molecule has 0 amide bonds. The molecule has 8 heteroatoms. The molecular weight excluding hydrogens is 348 g/mol. The topological polar surface area (TPSA) is 97.2 Å². The Morgan fingerprint density at radius 2 is 1.90 bits per heavy atom. The Labute approximate surface area is 123 Å². The Hall–Kier alpha value is -1.80. The maximum atomic E-state index is 12.2. The van der Waals surface area contributed by atoms with Gasteiger partial charge in [-0.25, -0.2) is 23.2 Å². The standard InChI is InChI=1S/C12H9BrN2O4S/c13-8-1-3-9(4-2-8)20(18,19)6-11-10(12(16)17)5-14-7-15-11/h1-5,7H,6H2,(H,16,17). The SMILES string of the molecule is O=C(O)c1cncnc1CS(=O)(=O)c1ccc(Br)cc1. The van der Waals surface area contributed by atoms with Crippen LogP contribution in [0, 0.1) is 0 Å². The van der Waals surface area contributed by atoms with Gasteiger partial charge in [-0.3, -0.25) is 0 Å². The largest absolute Gasteiger partial charge is 0.478 e. The molecule has 0 unspecified atom stereocenters. The number of sulfone groups is 1. The maximum absolute atomic E-state index is 12.2. The monoisotopic (exact) mass is 356 g/mol. The summed E-state index contributed by atoms with van der Waals surface area (Å²) in [6.45, 7) is 0. The van der Waals surface area contributed by atoms with Gasteiger partial charge in [-0.2, -0.15) is 0 Å². The third-order valence-corrected chi connectivity index (χ3v) is 4.70. The lowest BCUT2D eigenvalue weighted by Gasteiger charge is -2.06. The van der Waals surface area contributed by atoms with Gasteiger partial charge >= 0.3 is 5.97 Å². The zero-order valence-corrected chi connectivity index (χ0v) is 12.4. The van der Waals surface area contributed by atoms with E-state index in [1.165, 1.54) is 12.1 Å². The van der Waals surface area contributed by atoms with Gasteiger partial charge in [0.15, 0.2) is 9.84 Å². The van der Waals surface area contributed by atoms with Crippen LogP contribution in [-0.4, -0.2) is 29.5 Å². The molecule has 2 rings (SSSR count). The molecule has 0 aliphatic rings. The van der Waals surface area contributed by atoms with Crippen LogP contribution in [0.3, 0.4) is 0 Å². The number of carbonyl (C=O) groups is 1. The summed E-state index contributed by atoms with van der Waals surface area (Å²) in [5.74, 6) is -1.75. The summed E-state index contributed by atoms with van der Waals surface area (Å²) in [6.07, 6.45) is 2.21. The first-order chi connectivity index (χ1) is 9.40. The lowest BCUT2D eigenvalue weighted by Crippen LogP contribution is -2.12. The van der Waals surface area contributed by atoms with E-state index in [4.69, 9.17) is 5.11 Å². The fourth-order valence-electron chi connectivity index (χ4n) is 1.55. The Balaban J connectivity index is 2.38. The molecule has 0 aliphatic heterocycles. The number of carboxylic acid groups (broad SMARTS) is 1. The van der Waals surface area contributed by atoms with Crippen molar-refractivity contribution in [3.8, 4) is 0 Å². The van der Waals surface area contributed by atoms with Gasteiger partial charge in [0, 0.05) is 10.7 Å². The fourth-order valence-corrected chi connectivity index (χ4v) is 3.13. The zero-order chi connectivity index (χ0) is 14.8. The van der Waals surface area contributed by atoms with Crippen molar-refractivity contribution in [2.24, 2.45) is 0 Å². The molecule has 0 fully saturated rings. The van der Waals surface area contributed by atoms with E-state index in [0.717, 1.165) is 17.0 Å². The van der Waals surface area contributed by atoms with Crippen molar-refractivity contribution >= 4 is 31.7 Å². The minimum absolute atomic E-state index is 0.0320. The van der Waals surface area contributed by atoms with Gasteiger partial charge in [0.25, 0.3) is 0 Å². The van der Waals surface area contributed by atoms with Gasteiger partial charge in [0.2, 0.25) is 0 Å². The summed E-state index contributed by atoms with van der Waals surface area (Å²) in [5.41, 5.74) is -0.247. The molecule has 1 heterocycles. The van der Waals surface area contributed by atoms with Crippen LogP contribution in [0.1, 0.15) is 16.1 Å². The van der Waals surface area contributed by atoms with Gasteiger partial charge < -0.3 is 5.11 Å². The molecule has 104 valence electrons. The number of carboxylic acids is 1. The second-order valence-electron chi connectivity index (χ2n) is 3.90. The summed E-state index contributed by atoms with van der Waals surface area (Å²) >= 11 is 3.22. The highest BCUT2D eigenvalue weighted by Gasteiger charge is 2.20. The molecule has 1 N–H and O–H groups in total. The first-order valence-corrected chi connectivity index (χ1v) is 7.85. The quantitative estimate of drug-likeness (QED) is 0.898. The predicted molar refractivity (Wildman–Crippen MR) is 74.0 cm³/mol. The normalized spacial score (nSPS) is 11.2. The minimum Gasteiger partial charge on any atom is -0.478 e. The highest BCUT2D eigenvalue weighted by molar-refractivity contribution is 9.10. The molecule has 1 aromatic carbocycles. The number of hydrogen-bond donors (Lipinski definition) is 1.